The van der Waals surface area contributed by atoms with Gasteiger partial charge in [-0.3, -0.25) is 4.90 Å². The summed E-state index contributed by atoms with van der Waals surface area (Å²) < 4.78 is 25.5. The number of benzene rings is 2. The van der Waals surface area contributed by atoms with Gasteiger partial charge in [0.25, 0.3) is 0 Å². The van der Waals surface area contributed by atoms with Gasteiger partial charge in [0.05, 0.1) is 32.5 Å². The Bertz CT molecular complexity index is 570. The first-order valence-electron chi connectivity index (χ1n) is 9.43. The summed E-state index contributed by atoms with van der Waals surface area (Å²) in [4.78, 5) is 2.11. The standard InChI is InChI=1S/C22H30FNO3/c1-19(27-15-14-26-13-12-25)22(23)18-24(16-20-8-4-2-5-9-20)17-21-10-6-3-7-11-21/h2-11,19,22,25H,12-18H2,1H3. The fraction of sp³-hybridized carbons (Fsp3) is 0.455. The molecule has 0 aliphatic carbocycles. The van der Waals surface area contributed by atoms with Gasteiger partial charge in [-0.15, -0.1) is 0 Å². The highest BCUT2D eigenvalue weighted by atomic mass is 19.1. The van der Waals surface area contributed by atoms with Crippen LogP contribution in [0.4, 0.5) is 4.39 Å². The van der Waals surface area contributed by atoms with Crippen molar-refractivity contribution in [1.82, 2.24) is 4.90 Å². The lowest BCUT2D eigenvalue weighted by atomic mass is 10.1. The van der Waals surface area contributed by atoms with Gasteiger partial charge in [0.2, 0.25) is 0 Å². The largest absolute Gasteiger partial charge is 0.394 e. The van der Waals surface area contributed by atoms with Crippen molar-refractivity contribution in [2.75, 3.05) is 33.0 Å². The number of ether oxygens (including phenoxy) is 2. The molecule has 27 heavy (non-hydrogen) atoms. The summed E-state index contributed by atoms with van der Waals surface area (Å²) in [6.07, 6.45) is -1.62. The summed E-state index contributed by atoms with van der Waals surface area (Å²) in [6, 6.07) is 20.2. The molecule has 0 aliphatic heterocycles. The van der Waals surface area contributed by atoms with E-state index in [4.69, 9.17) is 14.6 Å². The lowest BCUT2D eigenvalue weighted by Gasteiger charge is -2.27. The third-order valence-corrected chi connectivity index (χ3v) is 4.28. The molecule has 0 saturated carbocycles. The second-order valence-electron chi connectivity index (χ2n) is 6.57. The van der Waals surface area contributed by atoms with E-state index in [1.54, 1.807) is 6.92 Å². The van der Waals surface area contributed by atoms with Crippen LogP contribution < -0.4 is 0 Å². The van der Waals surface area contributed by atoms with E-state index in [0.29, 0.717) is 32.8 Å². The average molecular weight is 375 g/mol. The zero-order valence-corrected chi connectivity index (χ0v) is 16.0. The van der Waals surface area contributed by atoms with Crippen molar-refractivity contribution >= 4 is 0 Å². The van der Waals surface area contributed by atoms with Crippen LogP contribution in [0.2, 0.25) is 0 Å². The fourth-order valence-corrected chi connectivity index (χ4v) is 2.83. The third kappa shape index (κ3) is 8.63. The lowest BCUT2D eigenvalue weighted by Crippen LogP contribution is -2.36. The molecular formula is C22H30FNO3. The van der Waals surface area contributed by atoms with E-state index in [1.165, 1.54) is 0 Å². The van der Waals surface area contributed by atoms with Crippen molar-refractivity contribution in [2.45, 2.75) is 32.3 Å². The Morgan fingerprint density at radius 3 is 1.96 bits per heavy atom. The molecule has 0 heterocycles. The Labute approximate surface area is 161 Å². The predicted molar refractivity (Wildman–Crippen MR) is 105 cm³/mol. The SMILES string of the molecule is CC(OCCOCCO)C(F)CN(Cc1ccccc1)Cc1ccccc1. The maximum absolute atomic E-state index is 14.8. The van der Waals surface area contributed by atoms with Gasteiger partial charge in [-0.05, 0) is 18.1 Å². The molecule has 0 fully saturated rings. The molecule has 148 valence electrons. The van der Waals surface area contributed by atoms with Crippen LogP contribution in [-0.2, 0) is 22.6 Å². The summed E-state index contributed by atoms with van der Waals surface area (Å²) in [7, 11) is 0. The molecule has 2 aromatic rings. The van der Waals surface area contributed by atoms with Crippen LogP contribution in [0.3, 0.4) is 0 Å². The van der Waals surface area contributed by atoms with Crippen LogP contribution in [0.15, 0.2) is 60.7 Å². The molecule has 0 bridgehead atoms. The number of rotatable bonds is 13. The maximum Gasteiger partial charge on any atom is 0.138 e. The smallest absolute Gasteiger partial charge is 0.138 e. The number of hydrogen-bond donors (Lipinski definition) is 1. The Morgan fingerprint density at radius 2 is 1.44 bits per heavy atom. The molecule has 4 nitrogen and oxygen atoms in total. The zero-order chi connectivity index (χ0) is 19.3. The van der Waals surface area contributed by atoms with Gasteiger partial charge in [-0.2, -0.15) is 0 Å². The van der Waals surface area contributed by atoms with Crippen molar-refractivity contribution in [3.63, 3.8) is 0 Å². The number of nitrogens with zero attached hydrogens (tertiary/aromatic N) is 1. The fourth-order valence-electron chi connectivity index (χ4n) is 2.83. The van der Waals surface area contributed by atoms with E-state index in [2.05, 4.69) is 29.2 Å². The molecule has 0 radical (unpaired) electrons. The number of halogens is 1. The number of hydrogen-bond acceptors (Lipinski definition) is 4. The van der Waals surface area contributed by atoms with Crippen LogP contribution in [0.5, 0.6) is 0 Å². The summed E-state index contributed by atoms with van der Waals surface area (Å²) in [5, 5.41) is 8.67. The zero-order valence-electron chi connectivity index (χ0n) is 16.0. The maximum atomic E-state index is 14.8. The molecule has 0 saturated heterocycles. The van der Waals surface area contributed by atoms with Crippen molar-refractivity contribution < 1.29 is 19.0 Å². The summed E-state index contributed by atoms with van der Waals surface area (Å²) in [6.45, 7) is 4.34. The molecule has 0 aromatic heterocycles. The van der Waals surface area contributed by atoms with Gasteiger partial charge >= 0.3 is 0 Å². The molecule has 5 heteroatoms. The van der Waals surface area contributed by atoms with Crippen LogP contribution in [0.25, 0.3) is 0 Å². The first-order chi connectivity index (χ1) is 13.2. The minimum atomic E-state index is -1.10. The van der Waals surface area contributed by atoms with Gasteiger partial charge in [0.1, 0.15) is 6.17 Å². The normalized spacial score (nSPS) is 13.6. The molecule has 1 N–H and O–H groups in total. The molecule has 0 aliphatic rings. The Kier molecular flexibility index (Phi) is 10.0. The van der Waals surface area contributed by atoms with Crippen molar-refractivity contribution in [3.8, 4) is 0 Å². The van der Waals surface area contributed by atoms with Gasteiger partial charge in [-0.1, -0.05) is 60.7 Å². The summed E-state index contributed by atoms with van der Waals surface area (Å²) in [5.74, 6) is 0. The van der Waals surface area contributed by atoms with E-state index >= 15 is 0 Å². The monoisotopic (exact) mass is 375 g/mol. The average Bonchev–Trinajstić information content (AvgIpc) is 2.69. The Morgan fingerprint density at radius 1 is 0.889 bits per heavy atom. The van der Waals surface area contributed by atoms with E-state index in [1.807, 2.05) is 36.4 Å². The molecule has 2 aromatic carbocycles. The number of alkyl halides is 1. The van der Waals surface area contributed by atoms with Crippen molar-refractivity contribution in [1.29, 1.82) is 0 Å². The molecular weight excluding hydrogens is 345 g/mol. The molecule has 0 spiro atoms. The highest BCUT2D eigenvalue weighted by Crippen LogP contribution is 2.14. The minimum absolute atomic E-state index is 0.0186. The van der Waals surface area contributed by atoms with Gasteiger partial charge < -0.3 is 14.6 Å². The molecule has 2 rings (SSSR count). The second-order valence-corrected chi connectivity index (χ2v) is 6.57. The van der Waals surface area contributed by atoms with Crippen molar-refractivity contribution in [3.05, 3.63) is 71.8 Å². The Balaban J connectivity index is 1.89. The highest BCUT2D eigenvalue weighted by Gasteiger charge is 2.21. The first-order valence-corrected chi connectivity index (χ1v) is 9.43. The van der Waals surface area contributed by atoms with Crippen LogP contribution in [0, 0.1) is 0 Å². The van der Waals surface area contributed by atoms with Crippen LogP contribution in [0.1, 0.15) is 18.1 Å². The van der Waals surface area contributed by atoms with Gasteiger partial charge in [-0.25, -0.2) is 4.39 Å². The van der Waals surface area contributed by atoms with Crippen LogP contribution in [-0.4, -0.2) is 55.3 Å². The predicted octanol–water partition coefficient (Wildman–Crippen LogP) is 3.44. The number of aliphatic hydroxyl groups is 1. The molecule has 2 unspecified atom stereocenters. The lowest BCUT2D eigenvalue weighted by molar-refractivity contribution is -0.0337. The topological polar surface area (TPSA) is 41.9 Å². The number of aliphatic hydroxyl groups excluding tert-OH is 1. The van der Waals surface area contributed by atoms with E-state index in [9.17, 15) is 4.39 Å². The molecule has 2 atom stereocenters. The van der Waals surface area contributed by atoms with Crippen LogP contribution >= 0.6 is 0 Å². The molecule has 0 amide bonds. The van der Waals surface area contributed by atoms with E-state index < -0.39 is 12.3 Å². The van der Waals surface area contributed by atoms with E-state index in [0.717, 1.165) is 11.1 Å². The highest BCUT2D eigenvalue weighted by molar-refractivity contribution is 5.17. The second kappa shape index (κ2) is 12.6. The first kappa shape index (κ1) is 21.5. The van der Waals surface area contributed by atoms with E-state index in [-0.39, 0.29) is 13.2 Å². The van der Waals surface area contributed by atoms with Gasteiger partial charge in [0.15, 0.2) is 0 Å². The quantitative estimate of drug-likeness (QED) is 0.545. The third-order valence-electron chi connectivity index (χ3n) is 4.28. The summed E-state index contributed by atoms with van der Waals surface area (Å²) >= 11 is 0. The minimum Gasteiger partial charge on any atom is -0.394 e. The van der Waals surface area contributed by atoms with Gasteiger partial charge in [0, 0.05) is 19.6 Å². The Hall–Kier alpha value is -1.79. The van der Waals surface area contributed by atoms with Crippen molar-refractivity contribution in [2.24, 2.45) is 0 Å². The summed E-state index contributed by atoms with van der Waals surface area (Å²) in [5.41, 5.74) is 2.32.